The number of rotatable bonds is 6. The van der Waals surface area contributed by atoms with Crippen LogP contribution in [0.5, 0.6) is 5.75 Å². The first-order valence-corrected chi connectivity index (χ1v) is 10.6. The van der Waals surface area contributed by atoms with Crippen LogP contribution in [0.3, 0.4) is 0 Å². The fourth-order valence-electron chi connectivity index (χ4n) is 4.05. The van der Waals surface area contributed by atoms with E-state index in [1.807, 2.05) is 4.90 Å². The van der Waals surface area contributed by atoms with Gasteiger partial charge in [0.15, 0.2) is 0 Å². The highest BCUT2D eigenvalue weighted by Crippen LogP contribution is 2.29. The van der Waals surface area contributed by atoms with Crippen molar-refractivity contribution >= 4 is 29.1 Å². The molecule has 0 aromatic heterocycles. The largest absolute Gasteiger partial charge is 0.495 e. The van der Waals surface area contributed by atoms with E-state index in [0.29, 0.717) is 28.8 Å². The fourth-order valence-corrected chi connectivity index (χ4v) is 4.22. The molecule has 0 spiro atoms. The van der Waals surface area contributed by atoms with E-state index in [-0.39, 0.29) is 11.8 Å². The Morgan fingerprint density at radius 1 is 1.29 bits per heavy atom. The number of amides is 2. The van der Waals surface area contributed by atoms with Gasteiger partial charge in [0.2, 0.25) is 11.8 Å². The van der Waals surface area contributed by atoms with Gasteiger partial charge in [0.1, 0.15) is 5.75 Å². The van der Waals surface area contributed by atoms with Gasteiger partial charge in [-0.25, -0.2) is 0 Å². The van der Waals surface area contributed by atoms with Crippen molar-refractivity contribution in [1.29, 1.82) is 0 Å². The summed E-state index contributed by atoms with van der Waals surface area (Å²) >= 11 is 6.02. The molecule has 3 rings (SSSR count). The lowest BCUT2D eigenvalue weighted by molar-refractivity contribution is -0.129. The van der Waals surface area contributed by atoms with Gasteiger partial charge in [-0.15, -0.1) is 0 Å². The van der Waals surface area contributed by atoms with Crippen molar-refractivity contribution in [3.8, 4) is 5.75 Å². The van der Waals surface area contributed by atoms with E-state index in [1.54, 1.807) is 25.3 Å². The number of nitrogens with zero attached hydrogens (tertiary/aromatic N) is 1. The first-order valence-electron chi connectivity index (χ1n) is 10.2. The van der Waals surface area contributed by atoms with Crippen molar-refractivity contribution in [3.05, 3.63) is 34.9 Å². The Kier molecular flexibility index (Phi) is 7.37. The maximum atomic E-state index is 12.7. The van der Waals surface area contributed by atoms with Crippen LogP contribution in [0.1, 0.15) is 51.4 Å². The van der Waals surface area contributed by atoms with Crippen LogP contribution < -0.4 is 10.1 Å². The minimum absolute atomic E-state index is 0.0565. The molecule has 1 aromatic rings. The topological polar surface area (TPSA) is 58.6 Å². The van der Waals surface area contributed by atoms with E-state index < -0.39 is 0 Å². The lowest BCUT2D eigenvalue weighted by Crippen LogP contribution is -2.41. The number of halogens is 1. The Morgan fingerprint density at radius 3 is 2.89 bits per heavy atom. The predicted octanol–water partition coefficient (Wildman–Crippen LogP) is 4.81. The van der Waals surface area contributed by atoms with Crippen LogP contribution in [0.15, 0.2) is 29.8 Å². The number of piperidine rings is 1. The highest BCUT2D eigenvalue weighted by molar-refractivity contribution is 6.31. The number of allylic oxidation sites excluding steroid dienone is 1. The Morgan fingerprint density at radius 2 is 2.14 bits per heavy atom. The summed E-state index contributed by atoms with van der Waals surface area (Å²) in [6, 6.07) is 5.16. The highest BCUT2D eigenvalue weighted by Gasteiger charge is 2.26. The summed E-state index contributed by atoms with van der Waals surface area (Å²) in [6.45, 7) is 1.59. The van der Waals surface area contributed by atoms with Crippen LogP contribution in [0, 0.1) is 5.92 Å². The monoisotopic (exact) mass is 404 g/mol. The average molecular weight is 405 g/mol. The number of likely N-dealkylation sites (tertiary alicyclic amines) is 1. The lowest BCUT2D eigenvalue weighted by Gasteiger charge is -2.34. The average Bonchev–Trinajstić information content (AvgIpc) is 2.73. The normalized spacial score (nSPS) is 19.7. The molecule has 0 saturated carbocycles. The zero-order valence-electron chi connectivity index (χ0n) is 16.5. The Labute approximate surface area is 172 Å². The second-order valence-electron chi connectivity index (χ2n) is 7.67. The van der Waals surface area contributed by atoms with E-state index >= 15 is 0 Å². The summed E-state index contributed by atoms with van der Waals surface area (Å²) < 4.78 is 5.27. The van der Waals surface area contributed by atoms with E-state index in [4.69, 9.17) is 16.3 Å². The van der Waals surface area contributed by atoms with E-state index in [2.05, 4.69) is 11.4 Å². The summed E-state index contributed by atoms with van der Waals surface area (Å²) in [5.41, 5.74) is 1.57. The summed E-state index contributed by atoms with van der Waals surface area (Å²) in [7, 11) is 1.56. The first-order chi connectivity index (χ1) is 13.6. The summed E-state index contributed by atoms with van der Waals surface area (Å²) in [4.78, 5) is 27.1. The quantitative estimate of drug-likeness (QED) is 0.740. The van der Waals surface area contributed by atoms with Crippen molar-refractivity contribution in [2.24, 2.45) is 5.92 Å². The number of carbonyl (C=O) groups excluding carboxylic acids is 2. The zero-order valence-corrected chi connectivity index (χ0v) is 17.3. The molecule has 2 aliphatic rings. The van der Waals surface area contributed by atoms with Gasteiger partial charge in [0.05, 0.1) is 12.8 Å². The van der Waals surface area contributed by atoms with Gasteiger partial charge >= 0.3 is 0 Å². The molecule has 28 heavy (non-hydrogen) atoms. The maximum Gasteiger partial charge on any atom is 0.249 e. The summed E-state index contributed by atoms with van der Waals surface area (Å²) in [5, 5.41) is 3.44. The van der Waals surface area contributed by atoms with Gasteiger partial charge in [-0.05, 0) is 69.1 Å². The third-order valence-corrected chi connectivity index (χ3v) is 5.82. The Bertz CT molecular complexity index is 747. The Hall–Kier alpha value is -2.01. The van der Waals surface area contributed by atoms with E-state index in [9.17, 15) is 9.59 Å². The molecule has 1 heterocycles. The number of ether oxygens (including phenoxy) is 1. The molecule has 0 bridgehead atoms. The van der Waals surface area contributed by atoms with Crippen molar-refractivity contribution < 1.29 is 14.3 Å². The van der Waals surface area contributed by atoms with Crippen LogP contribution in [-0.4, -0.2) is 36.9 Å². The van der Waals surface area contributed by atoms with Gasteiger partial charge in [0.25, 0.3) is 0 Å². The SMILES string of the molecule is COc1ccc(Cl)cc1NC(=O)CCC1CCCN(C(=O)C2=CCCCC2)C1. The van der Waals surface area contributed by atoms with Gasteiger partial charge in [-0.3, -0.25) is 9.59 Å². The number of nitrogens with one attached hydrogen (secondary N) is 1. The van der Waals surface area contributed by atoms with E-state index in [1.165, 1.54) is 6.42 Å². The third kappa shape index (κ3) is 5.51. The van der Waals surface area contributed by atoms with Crippen LogP contribution in [0.25, 0.3) is 0 Å². The maximum absolute atomic E-state index is 12.7. The molecular formula is C22H29ClN2O3. The first kappa shape index (κ1) is 20.7. The summed E-state index contributed by atoms with van der Waals surface area (Å²) in [5.74, 6) is 1.11. The number of anilines is 1. The minimum Gasteiger partial charge on any atom is -0.495 e. The van der Waals surface area contributed by atoms with Crippen LogP contribution in [-0.2, 0) is 9.59 Å². The fraction of sp³-hybridized carbons (Fsp3) is 0.545. The number of methoxy groups -OCH3 is 1. The van der Waals surface area contributed by atoms with Crippen molar-refractivity contribution in [2.75, 3.05) is 25.5 Å². The molecule has 1 unspecified atom stereocenters. The van der Waals surface area contributed by atoms with Crippen molar-refractivity contribution in [3.63, 3.8) is 0 Å². The molecule has 1 saturated heterocycles. The second kappa shape index (κ2) is 9.97. The molecule has 2 amide bonds. The van der Waals surface area contributed by atoms with Gasteiger partial charge in [-0.1, -0.05) is 17.7 Å². The molecule has 6 heteroatoms. The smallest absolute Gasteiger partial charge is 0.249 e. The zero-order chi connectivity index (χ0) is 19.9. The van der Waals surface area contributed by atoms with Crippen LogP contribution in [0.2, 0.25) is 5.02 Å². The Balaban J connectivity index is 1.50. The molecule has 1 aromatic carbocycles. The molecular weight excluding hydrogens is 376 g/mol. The van der Waals surface area contributed by atoms with Gasteiger partial charge < -0.3 is 15.0 Å². The molecule has 1 aliphatic heterocycles. The molecule has 1 aliphatic carbocycles. The molecule has 1 N–H and O–H groups in total. The highest BCUT2D eigenvalue weighted by atomic mass is 35.5. The predicted molar refractivity (Wildman–Crippen MR) is 112 cm³/mol. The molecule has 0 radical (unpaired) electrons. The number of carbonyl (C=O) groups is 2. The number of benzene rings is 1. The van der Waals surface area contributed by atoms with Crippen molar-refractivity contribution in [1.82, 2.24) is 4.90 Å². The van der Waals surface area contributed by atoms with Gasteiger partial charge in [0, 0.05) is 30.1 Å². The molecule has 5 nitrogen and oxygen atoms in total. The third-order valence-electron chi connectivity index (χ3n) is 5.59. The van der Waals surface area contributed by atoms with Crippen molar-refractivity contribution in [2.45, 2.75) is 51.4 Å². The van der Waals surface area contributed by atoms with Crippen LogP contribution >= 0.6 is 11.6 Å². The second-order valence-corrected chi connectivity index (χ2v) is 8.10. The lowest BCUT2D eigenvalue weighted by atomic mass is 9.91. The molecule has 1 fully saturated rings. The number of hydrogen-bond donors (Lipinski definition) is 1. The molecule has 152 valence electrons. The minimum atomic E-state index is -0.0565. The van der Waals surface area contributed by atoms with E-state index in [0.717, 1.165) is 57.2 Å². The molecule has 1 atom stereocenters. The van der Waals surface area contributed by atoms with Gasteiger partial charge in [-0.2, -0.15) is 0 Å². The standard InChI is InChI=1S/C22H29ClN2O3/c1-28-20-11-10-18(23)14-19(20)24-21(26)12-9-16-6-5-13-25(15-16)22(27)17-7-3-2-4-8-17/h7,10-11,14,16H,2-6,8-9,12-13,15H2,1H3,(H,24,26). The number of hydrogen-bond acceptors (Lipinski definition) is 3. The summed E-state index contributed by atoms with van der Waals surface area (Å²) in [6.07, 6.45) is 9.61. The van der Waals surface area contributed by atoms with Crippen LogP contribution in [0.4, 0.5) is 5.69 Å².